The lowest BCUT2D eigenvalue weighted by Crippen LogP contribution is -2.46. The van der Waals surface area contributed by atoms with Gasteiger partial charge in [-0.25, -0.2) is 0 Å². The summed E-state index contributed by atoms with van der Waals surface area (Å²) >= 11 is 0. The van der Waals surface area contributed by atoms with Crippen LogP contribution in [-0.4, -0.2) is 44.8 Å². The molecule has 0 aromatic carbocycles. The number of nitrogens with zero attached hydrogens (tertiary/aromatic N) is 2. The second-order valence-electron chi connectivity index (χ2n) is 5.82. The molecule has 2 heterocycles. The van der Waals surface area contributed by atoms with Crippen molar-refractivity contribution in [2.75, 3.05) is 6.54 Å². The largest absolute Gasteiger partial charge is 0.393 e. The number of aromatic amines is 1. The number of rotatable bonds is 1. The highest BCUT2D eigenvalue weighted by Gasteiger charge is 2.49. The lowest BCUT2D eigenvalue weighted by molar-refractivity contribution is 0.0209. The average Bonchev–Trinajstić information content (AvgIpc) is 2.93. The highest BCUT2D eigenvalue weighted by molar-refractivity contribution is 5.92. The van der Waals surface area contributed by atoms with Crippen LogP contribution >= 0.6 is 0 Å². The molecule has 2 fully saturated rings. The van der Waals surface area contributed by atoms with Crippen LogP contribution in [0.1, 0.15) is 43.1 Å². The lowest BCUT2D eigenvalue weighted by Gasteiger charge is -2.41. The monoisotopic (exact) mass is 249 g/mol. The fourth-order valence-electron chi connectivity index (χ4n) is 3.58. The molecule has 1 aliphatic heterocycles. The smallest absolute Gasteiger partial charge is 0.272 e. The van der Waals surface area contributed by atoms with E-state index in [1.54, 1.807) is 12.3 Å². The zero-order valence-electron chi connectivity index (χ0n) is 10.6. The first-order chi connectivity index (χ1) is 8.60. The van der Waals surface area contributed by atoms with Crippen molar-refractivity contribution in [1.29, 1.82) is 0 Å². The van der Waals surface area contributed by atoms with Crippen molar-refractivity contribution in [2.45, 2.75) is 44.8 Å². The molecular formula is C13H19N3O2. The normalized spacial score (nSPS) is 35.6. The number of nitrogens with one attached hydrogen (secondary N) is 1. The Balaban J connectivity index is 1.82. The molecule has 2 N–H and O–H groups in total. The van der Waals surface area contributed by atoms with Gasteiger partial charge in [-0.15, -0.1) is 0 Å². The number of hydrogen-bond acceptors (Lipinski definition) is 3. The number of carbonyl (C=O) groups is 1. The Kier molecular flexibility index (Phi) is 2.66. The number of aliphatic hydroxyl groups is 1. The van der Waals surface area contributed by atoms with E-state index < -0.39 is 0 Å². The maximum Gasteiger partial charge on any atom is 0.272 e. The van der Waals surface area contributed by atoms with Gasteiger partial charge >= 0.3 is 0 Å². The molecule has 1 saturated heterocycles. The molecule has 2 aliphatic rings. The molecule has 1 aliphatic carbocycles. The first-order valence-electron chi connectivity index (χ1n) is 6.58. The van der Waals surface area contributed by atoms with Gasteiger partial charge in [0.15, 0.2) is 0 Å². The van der Waals surface area contributed by atoms with Crippen molar-refractivity contribution in [3.8, 4) is 0 Å². The number of carbonyl (C=O) groups excluding carboxylic acids is 1. The Morgan fingerprint density at radius 3 is 3.17 bits per heavy atom. The van der Waals surface area contributed by atoms with E-state index in [9.17, 15) is 9.90 Å². The van der Waals surface area contributed by atoms with Gasteiger partial charge in [-0.2, -0.15) is 5.10 Å². The van der Waals surface area contributed by atoms with Crippen LogP contribution in [0.3, 0.4) is 0 Å². The number of H-pyrrole nitrogens is 1. The van der Waals surface area contributed by atoms with Crippen LogP contribution in [0.2, 0.25) is 0 Å². The van der Waals surface area contributed by atoms with Crippen LogP contribution in [0.15, 0.2) is 12.3 Å². The zero-order chi connectivity index (χ0) is 12.8. The molecular weight excluding hydrogens is 230 g/mol. The first-order valence-corrected chi connectivity index (χ1v) is 6.58. The van der Waals surface area contributed by atoms with Crippen molar-refractivity contribution < 1.29 is 9.90 Å². The molecule has 1 saturated carbocycles. The van der Waals surface area contributed by atoms with Crippen LogP contribution in [0.5, 0.6) is 0 Å². The lowest BCUT2D eigenvalue weighted by atomic mass is 9.71. The molecule has 98 valence electrons. The molecule has 1 aromatic heterocycles. The maximum absolute atomic E-state index is 12.4. The second-order valence-corrected chi connectivity index (χ2v) is 5.82. The van der Waals surface area contributed by atoms with Crippen molar-refractivity contribution >= 4 is 5.91 Å². The minimum atomic E-state index is -0.201. The Hall–Kier alpha value is -1.36. The summed E-state index contributed by atoms with van der Waals surface area (Å²) in [6.07, 6.45) is 4.89. The van der Waals surface area contributed by atoms with Gasteiger partial charge in [0.25, 0.3) is 5.91 Å². The predicted molar refractivity (Wildman–Crippen MR) is 66.0 cm³/mol. The third kappa shape index (κ3) is 1.73. The van der Waals surface area contributed by atoms with Crippen LogP contribution in [0.25, 0.3) is 0 Å². The number of fused-ring (bicyclic) bond motifs is 1. The van der Waals surface area contributed by atoms with Gasteiger partial charge in [-0.3, -0.25) is 9.89 Å². The Labute approximate surface area is 106 Å². The van der Waals surface area contributed by atoms with Crippen LogP contribution in [0, 0.1) is 5.41 Å². The molecule has 0 spiro atoms. The van der Waals surface area contributed by atoms with E-state index in [2.05, 4.69) is 17.1 Å². The van der Waals surface area contributed by atoms with E-state index in [0.717, 1.165) is 32.2 Å². The van der Waals surface area contributed by atoms with Crippen LogP contribution in [-0.2, 0) is 0 Å². The third-order valence-corrected chi connectivity index (χ3v) is 4.57. The standard InChI is InChI=1S/C13H19N3O2/c1-13-5-7-16(11(13)3-2-9(17)8-13)12(18)10-4-6-14-15-10/h4,6,9,11,17H,2-3,5,7-8H2,1H3,(H,14,15)/t9-,11-,13+/m1/s1. The number of aromatic nitrogens is 2. The molecule has 0 bridgehead atoms. The van der Waals surface area contributed by atoms with Gasteiger partial charge in [0.05, 0.1) is 6.10 Å². The molecule has 0 unspecified atom stereocenters. The van der Waals surface area contributed by atoms with Gasteiger partial charge in [-0.1, -0.05) is 6.92 Å². The van der Waals surface area contributed by atoms with E-state index in [0.29, 0.717) is 5.69 Å². The van der Waals surface area contributed by atoms with Gasteiger partial charge in [0.1, 0.15) is 5.69 Å². The van der Waals surface area contributed by atoms with Gasteiger partial charge in [0, 0.05) is 18.8 Å². The van der Waals surface area contributed by atoms with Crippen LogP contribution in [0.4, 0.5) is 0 Å². The molecule has 1 amide bonds. The SMILES string of the molecule is C[C@@]12CCN(C(=O)c3ccn[nH]3)[C@@H]1CC[C@@H](O)C2. The summed E-state index contributed by atoms with van der Waals surface area (Å²) in [7, 11) is 0. The fraction of sp³-hybridized carbons (Fsp3) is 0.692. The fourth-order valence-corrected chi connectivity index (χ4v) is 3.58. The number of aliphatic hydroxyl groups excluding tert-OH is 1. The minimum absolute atomic E-state index is 0.0395. The highest BCUT2D eigenvalue weighted by atomic mass is 16.3. The van der Waals surface area contributed by atoms with Crippen molar-refractivity contribution in [3.63, 3.8) is 0 Å². The third-order valence-electron chi connectivity index (χ3n) is 4.57. The summed E-state index contributed by atoms with van der Waals surface area (Å²) in [5.74, 6) is 0.0395. The summed E-state index contributed by atoms with van der Waals surface area (Å²) in [5.41, 5.74) is 0.637. The van der Waals surface area contributed by atoms with E-state index in [1.165, 1.54) is 0 Å². The summed E-state index contributed by atoms with van der Waals surface area (Å²) in [6.45, 7) is 2.98. The Morgan fingerprint density at radius 1 is 1.61 bits per heavy atom. The average molecular weight is 249 g/mol. The second kappa shape index (κ2) is 4.09. The molecule has 3 rings (SSSR count). The number of amides is 1. The highest BCUT2D eigenvalue weighted by Crippen LogP contribution is 2.46. The van der Waals surface area contributed by atoms with E-state index >= 15 is 0 Å². The Bertz CT molecular complexity index is 445. The van der Waals surface area contributed by atoms with Crippen molar-refractivity contribution in [2.24, 2.45) is 5.41 Å². The summed E-state index contributed by atoms with van der Waals surface area (Å²) in [5, 5.41) is 16.4. The van der Waals surface area contributed by atoms with E-state index in [4.69, 9.17) is 0 Å². The zero-order valence-corrected chi connectivity index (χ0v) is 10.6. The summed E-state index contributed by atoms with van der Waals surface area (Å²) in [4.78, 5) is 14.3. The molecule has 5 nitrogen and oxygen atoms in total. The topological polar surface area (TPSA) is 69.2 Å². The first kappa shape index (κ1) is 11.7. The molecule has 1 aromatic rings. The van der Waals surface area contributed by atoms with Crippen LogP contribution < -0.4 is 0 Å². The van der Waals surface area contributed by atoms with E-state index in [-0.39, 0.29) is 23.5 Å². The molecule has 18 heavy (non-hydrogen) atoms. The predicted octanol–water partition coefficient (Wildman–Crippen LogP) is 1.18. The molecule has 5 heteroatoms. The van der Waals surface area contributed by atoms with Crippen molar-refractivity contribution in [3.05, 3.63) is 18.0 Å². The quantitative estimate of drug-likeness (QED) is 0.785. The minimum Gasteiger partial charge on any atom is -0.393 e. The van der Waals surface area contributed by atoms with Gasteiger partial charge in [-0.05, 0) is 37.2 Å². The van der Waals surface area contributed by atoms with E-state index in [1.807, 2.05) is 4.90 Å². The van der Waals surface area contributed by atoms with Gasteiger partial charge in [0.2, 0.25) is 0 Å². The Morgan fingerprint density at radius 2 is 2.44 bits per heavy atom. The number of hydrogen-bond donors (Lipinski definition) is 2. The summed E-state index contributed by atoms with van der Waals surface area (Å²) < 4.78 is 0. The van der Waals surface area contributed by atoms with Gasteiger partial charge < -0.3 is 10.0 Å². The molecule has 3 atom stereocenters. The number of likely N-dealkylation sites (tertiary alicyclic amines) is 1. The van der Waals surface area contributed by atoms with Crippen molar-refractivity contribution in [1.82, 2.24) is 15.1 Å². The molecule has 0 radical (unpaired) electrons. The summed E-state index contributed by atoms with van der Waals surface area (Å²) in [6, 6.07) is 1.98. The maximum atomic E-state index is 12.4.